The number of aromatic nitrogens is 1. The third-order valence-electron chi connectivity index (χ3n) is 4.46. The summed E-state index contributed by atoms with van der Waals surface area (Å²) >= 11 is 5.89. The van der Waals surface area contributed by atoms with Gasteiger partial charge in [-0.05, 0) is 43.2 Å². The van der Waals surface area contributed by atoms with Gasteiger partial charge in [-0.3, -0.25) is 9.59 Å². The normalized spacial score (nSPS) is 12.1. The third kappa shape index (κ3) is 5.14. The van der Waals surface area contributed by atoms with Gasteiger partial charge in [-0.1, -0.05) is 41.9 Å². The standard InChI is InChI=1S/C22H24ClN3O2/c1-14(2)25-22(28)20(12-16-13-24-19-6-4-3-5-18(16)19)26-21(27)11-15-7-9-17(23)10-8-15/h3-10,13-14,20,24H,11-12H2,1-2H3,(H,25,28)(H,26,27)/t20-/m0/s1. The molecule has 1 atom stereocenters. The molecule has 0 saturated carbocycles. The number of rotatable bonds is 7. The van der Waals surface area contributed by atoms with Crippen LogP contribution in [-0.4, -0.2) is 28.9 Å². The molecule has 1 aromatic heterocycles. The highest BCUT2D eigenvalue weighted by molar-refractivity contribution is 6.30. The number of H-pyrrole nitrogens is 1. The molecule has 0 aliphatic carbocycles. The van der Waals surface area contributed by atoms with Crippen molar-refractivity contribution in [1.82, 2.24) is 15.6 Å². The van der Waals surface area contributed by atoms with Crippen LogP contribution in [0.25, 0.3) is 10.9 Å². The van der Waals surface area contributed by atoms with E-state index >= 15 is 0 Å². The minimum Gasteiger partial charge on any atom is -0.361 e. The Morgan fingerprint density at radius 2 is 1.75 bits per heavy atom. The third-order valence-corrected chi connectivity index (χ3v) is 4.71. The molecule has 0 spiro atoms. The van der Waals surface area contributed by atoms with E-state index in [0.717, 1.165) is 22.0 Å². The van der Waals surface area contributed by atoms with Crippen molar-refractivity contribution < 1.29 is 9.59 Å². The molecule has 0 saturated heterocycles. The fourth-order valence-corrected chi connectivity index (χ4v) is 3.27. The largest absolute Gasteiger partial charge is 0.361 e. The second kappa shape index (κ2) is 8.93. The van der Waals surface area contributed by atoms with E-state index in [1.807, 2.05) is 56.4 Å². The lowest BCUT2D eigenvalue weighted by Crippen LogP contribution is -2.50. The van der Waals surface area contributed by atoms with Crippen molar-refractivity contribution in [2.45, 2.75) is 38.8 Å². The van der Waals surface area contributed by atoms with Gasteiger partial charge in [-0.2, -0.15) is 0 Å². The van der Waals surface area contributed by atoms with Gasteiger partial charge in [-0.15, -0.1) is 0 Å². The summed E-state index contributed by atoms with van der Waals surface area (Å²) in [6.45, 7) is 3.80. The molecule has 2 amide bonds. The highest BCUT2D eigenvalue weighted by atomic mass is 35.5. The molecule has 5 nitrogen and oxygen atoms in total. The predicted molar refractivity (Wildman–Crippen MR) is 112 cm³/mol. The van der Waals surface area contributed by atoms with Crippen molar-refractivity contribution in [3.8, 4) is 0 Å². The van der Waals surface area contributed by atoms with Crippen LogP contribution in [0.5, 0.6) is 0 Å². The maximum absolute atomic E-state index is 12.7. The van der Waals surface area contributed by atoms with Gasteiger partial charge in [0.15, 0.2) is 0 Å². The Kier molecular flexibility index (Phi) is 6.37. The van der Waals surface area contributed by atoms with E-state index in [1.54, 1.807) is 12.1 Å². The summed E-state index contributed by atoms with van der Waals surface area (Å²) in [6, 6.07) is 14.4. The van der Waals surface area contributed by atoms with Crippen molar-refractivity contribution in [3.05, 3.63) is 70.9 Å². The smallest absolute Gasteiger partial charge is 0.243 e. The van der Waals surface area contributed by atoms with Gasteiger partial charge < -0.3 is 15.6 Å². The SMILES string of the molecule is CC(C)NC(=O)[C@H](Cc1c[nH]c2ccccc12)NC(=O)Cc1ccc(Cl)cc1. The van der Waals surface area contributed by atoms with Crippen LogP contribution in [-0.2, 0) is 22.4 Å². The summed E-state index contributed by atoms with van der Waals surface area (Å²) in [7, 11) is 0. The first-order valence-electron chi connectivity index (χ1n) is 9.31. The molecule has 3 N–H and O–H groups in total. The summed E-state index contributed by atoms with van der Waals surface area (Å²) in [5.41, 5.74) is 2.84. The van der Waals surface area contributed by atoms with Gasteiger partial charge in [0.1, 0.15) is 6.04 Å². The molecule has 0 aliphatic rings. The fraction of sp³-hybridized carbons (Fsp3) is 0.273. The van der Waals surface area contributed by atoms with Gasteiger partial charge in [0, 0.05) is 34.6 Å². The first-order valence-corrected chi connectivity index (χ1v) is 9.69. The Hall–Kier alpha value is -2.79. The zero-order valence-electron chi connectivity index (χ0n) is 16.0. The van der Waals surface area contributed by atoms with E-state index in [4.69, 9.17) is 11.6 Å². The topological polar surface area (TPSA) is 74.0 Å². The van der Waals surface area contributed by atoms with E-state index in [1.165, 1.54) is 0 Å². The van der Waals surface area contributed by atoms with Gasteiger partial charge in [0.2, 0.25) is 11.8 Å². The predicted octanol–water partition coefficient (Wildman–Crippen LogP) is 3.62. The number of hydrogen-bond acceptors (Lipinski definition) is 2. The first-order chi connectivity index (χ1) is 13.4. The Labute approximate surface area is 169 Å². The molecule has 28 heavy (non-hydrogen) atoms. The van der Waals surface area contributed by atoms with Crippen molar-refractivity contribution in [2.24, 2.45) is 0 Å². The number of carbonyl (C=O) groups is 2. The number of aromatic amines is 1. The van der Waals surface area contributed by atoms with E-state index < -0.39 is 6.04 Å². The van der Waals surface area contributed by atoms with E-state index in [0.29, 0.717) is 11.4 Å². The van der Waals surface area contributed by atoms with Crippen LogP contribution in [0, 0.1) is 0 Å². The van der Waals surface area contributed by atoms with Crippen molar-refractivity contribution in [3.63, 3.8) is 0 Å². The molecule has 0 fully saturated rings. The summed E-state index contributed by atoms with van der Waals surface area (Å²) < 4.78 is 0. The number of hydrogen-bond donors (Lipinski definition) is 3. The number of halogens is 1. The van der Waals surface area contributed by atoms with E-state index in [-0.39, 0.29) is 24.3 Å². The second-order valence-corrected chi connectivity index (χ2v) is 7.59. The Balaban J connectivity index is 1.75. The van der Waals surface area contributed by atoms with Crippen molar-refractivity contribution in [1.29, 1.82) is 0 Å². The molecule has 0 bridgehead atoms. The number of para-hydroxylation sites is 1. The van der Waals surface area contributed by atoms with Crippen LogP contribution in [0.4, 0.5) is 0 Å². The maximum atomic E-state index is 12.7. The molecule has 3 aromatic rings. The van der Waals surface area contributed by atoms with E-state index in [9.17, 15) is 9.59 Å². The lowest BCUT2D eigenvalue weighted by molar-refractivity contribution is -0.129. The van der Waals surface area contributed by atoms with Crippen LogP contribution < -0.4 is 10.6 Å². The Morgan fingerprint density at radius 3 is 2.46 bits per heavy atom. The molecule has 146 valence electrons. The number of amides is 2. The minimum atomic E-state index is -0.651. The number of nitrogens with one attached hydrogen (secondary N) is 3. The fourth-order valence-electron chi connectivity index (χ4n) is 3.15. The summed E-state index contributed by atoms with van der Waals surface area (Å²) in [5, 5.41) is 7.46. The molecule has 6 heteroatoms. The monoisotopic (exact) mass is 397 g/mol. The van der Waals surface area contributed by atoms with Crippen LogP contribution in [0.15, 0.2) is 54.7 Å². The Bertz CT molecular complexity index is 963. The number of fused-ring (bicyclic) bond motifs is 1. The lowest BCUT2D eigenvalue weighted by Gasteiger charge is -2.20. The average molecular weight is 398 g/mol. The molecular weight excluding hydrogens is 374 g/mol. The van der Waals surface area contributed by atoms with Crippen LogP contribution in [0.3, 0.4) is 0 Å². The second-order valence-electron chi connectivity index (χ2n) is 7.15. The number of carbonyl (C=O) groups excluding carboxylic acids is 2. The highest BCUT2D eigenvalue weighted by Crippen LogP contribution is 2.19. The molecule has 3 rings (SSSR count). The summed E-state index contributed by atoms with van der Waals surface area (Å²) in [4.78, 5) is 28.5. The Morgan fingerprint density at radius 1 is 1.04 bits per heavy atom. The molecule has 0 radical (unpaired) electrons. The molecule has 2 aromatic carbocycles. The summed E-state index contributed by atoms with van der Waals surface area (Å²) in [5.74, 6) is -0.393. The highest BCUT2D eigenvalue weighted by Gasteiger charge is 2.23. The zero-order valence-corrected chi connectivity index (χ0v) is 16.7. The lowest BCUT2D eigenvalue weighted by atomic mass is 10.0. The molecule has 1 heterocycles. The first kappa shape index (κ1) is 20.0. The average Bonchev–Trinajstić information content (AvgIpc) is 3.05. The number of benzene rings is 2. The molecule has 0 unspecified atom stereocenters. The zero-order chi connectivity index (χ0) is 20.1. The quantitative estimate of drug-likeness (QED) is 0.569. The molecule has 0 aliphatic heterocycles. The van der Waals surface area contributed by atoms with Crippen LogP contribution in [0.2, 0.25) is 5.02 Å². The summed E-state index contributed by atoms with van der Waals surface area (Å²) in [6.07, 6.45) is 2.50. The van der Waals surface area contributed by atoms with Crippen LogP contribution >= 0.6 is 11.6 Å². The van der Waals surface area contributed by atoms with E-state index in [2.05, 4.69) is 15.6 Å². The maximum Gasteiger partial charge on any atom is 0.243 e. The van der Waals surface area contributed by atoms with Crippen molar-refractivity contribution >= 4 is 34.3 Å². The van der Waals surface area contributed by atoms with Gasteiger partial charge in [-0.25, -0.2) is 0 Å². The molecular formula is C22H24ClN3O2. The van der Waals surface area contributed by atoms with Crippen LogP contribution in [0.1, 0.15) is 25.0 Å². The van der Waals surface area contributed by atoms with Gasteiger partial charge in [0.25, 0.3) is 0 Å². The van der Waals surface area contributed by atoms with Gasteiger partial charge in [0.05, 0.1) is 6.42 Å². The van der Waals surface area contributed by atoms with Crippen molar-refractivity contribution in [2.75, 3.05) is 0 Å². The minimum absolute atomic E-state index is 0.00821. The van der Waals surface area contributed by atoms with Gasteiger partial charge >= 0.3 is 0 Å².